The molecule has 1 aliphatic heterocycles. The molecule has 1 fully saturated rings. The molecule has 36 heavy (non-hydrogen) atoms. The van der Waals surface area contributed by atoms with Crippen molar-refractivity contribution in [2.75, 3.05) is 6.61 Å². The minimum atomic E-state index is -2.69. The first-order chi connectivity index (χ1) is 16.9. The summed E-state index contributed by atoms with van der Waals surface area (Å²) < 4.78 is 19.8. The van der Waals surface area contributed by atoms with Crippen molar-refractivity contribution >= 4 is 18.7 Å². The minimum absolute atomic E-state index is 0.112. The van der Waals surface area contributed by atoms with Crippen molar-refractivity contribution in [1.82, 2.24) is 0 Å². The number of benzene rings is 2. The standard InChI is InChI=1S/C31H46O4Si/c1-23(2)19-20-27(32)24(3)21-28-29(35-31(7,8)34-28)22-33-36(30(4,5)6,25-15-11-9-12-16-25)26-17-13-10-14-18-26/h9-18,21,23,27-29,32H,19-20,22H2,1-8H3/b24-21+/t27-,28+,29-/m1/s1. The molecule has 0 aromatic heterocycles. The number of hydrogen-bond acceptors (Lipinski definition) is 4. The average molecular weight is 511 g/mol. The maximum atomic E-state index is 10.7. The van der Waals surface area contributed by atoms with Crippen LogP contribution in [0, 0.1) is 5.92 Å². The zero-order chi connectivity index (χ0) is 26.6. The first kappa shape index (κ1) is 28.8. The summed E-state index contributed by atoms with van der Waals surface area (Å²) in [7, 11) is -2.69. The van der Waals surface area contributed by atoms with E-state index in [-0.39, 0.29) is 17.2 Å². The molecular formula is C31H46O4Si. The maximum absolute atomic E-state index is 10.7. The largest absolute Gasteiger partial charge is 0.405 e. The number of aliphatic hydroxyl groups is 1. The predicted molar refractivity (Wildman–Crippen MR) is 151 cm³/mol. The van der Waals surface area contributed by atoms with Crippen LogP contribution in [0.5, 0.6) is 0 Å². The summed E-state index contributed by atoms with van der Waals surface area (Å²) in [5.41, 5.74) is 0.928. The molecule has 0 bridgehead atoms. The molecule has 3 rings (SSSR count). The van der Waals surface area contributed by atoms with E-state index in [1.165, 1.54) is 10.4 Å². The van der Waals surface area contributed by atoms with Gasteiger partial charge in [-0.1, -0.05) is 101 Å². The number of ether oxygens (including phenoxy) is 2. The molecular weight excluding hydrogens is 464 g/mol. The van der Waals surface area contributed by atoms with Crippen LogP contribution in [0.2, 0.25) is 5.04 Å². The topological polar surface area (TPSA) is 47.9 Å². The Hall–Kier alpha value is -1.76. The van der Waals surface area contributed by atoms with Gasteiger partial charge >= 0.3 is 0 Å². The van der Waals surface area contributed by atoms with E-state index in [0.717, 1.165) is 18.4 Å². The van der Waals surface area contributed by atoms with Gasteiger partial charge in [-0.25, -0.2) is 0 Å². The summed E-state index contributed by atoms with van der Waals surface area (Å²) in [5, 5.41) is 13.1. The fourth-order valence-electron chi connectivity index (χ4n) is 5.19. The van der Waals surface area contributed by atoms with Gasteiger partial charge in [0.15, 0.2) is 5.79 Å². The highest BCUT2D eigenvalue weighted by Crippen LogP contribution is 2.38. The van der Waals surface area contributed by atoms with E-state index in [0.29, 0.717) is 12.5 Å². The van der Waals surface area contributed by atoms with Gasteiger partial charge in [-0.05, 0) is 60.5 Å². The Labute approximate surface area is 219 Å². The van der Waals surface area contributed by atoms with Crippen molar-refractivity contribution in [1.29, 1.82) is 0 Å². The third kappa shape index (κ3) is 6.76. The Morgan fingerprint density at radius 3 is 1.97 bits per heavy atom. The molecule has 0 saturated carbocycles. The molecule has 0 unspecified atom stereocenters. The van der Waals surface area contributed by atoms with E-state index in [4.69, 9.17) is 13.9 Å². The van der Waals surface area contributed by atoms with Gasteiger partial charge in [-0.2, -0.15) is 0 Å². The van der Waals surface area contributed by atoms with Gasteiger partial charge < -0.3 is 19.0 Å². The second-order valence-electron chi connectivity index (χ2n) is 12.0. The van der Waals surface area contributed by atoms with E-state index in [2.05, 4.69) is 95.3 Å². The third-order valence-corrected chi connectivity index (χ3v) is 12.1. The molecule has 2 aromatic carbocycles. The number of rotatable bonds is 10. The molecule has 198 valence electrons. The van der Waals surface area contributed by atoms with E-state index in [9.17, 15) is 5.11 Å². The molecule has 0 spiro atoms. The highest BCUT2D eigenvalue weighted by Gasteiger charge is 2.51. The summed E-state index contributed by atoms with van der Waals surface area (Å²) in [6, 6.07) is 21.3. The van der Waals surface area contributed by atoms with Gasteiger partial charge in [0.1, 0.15) is 12.2 Å². The lowest BCUT2D eigenvalue weighted by molar-refractivity contribution is -0.145. The van der Waals surface area contributed by atoms with Crippen molar-refractivity contribution in [2.24, 2.45) is 5.92 Å². The molecule has 3 atom stereocenters. The van der Waals surface area contributed by atoms with Crippen molar-refractivity contribution in [2.45, 2.75) is 97.4 Å². The van der Waals surface area contributed by atoms with Crippen LogP contribution < -0.4 is 10.4 Å². The minimum Gasteiger partial charge on any atom is -0.405 e. The van der Waals surface area contributed by atoms with Crippen LogP contribution in [0.4, 0.5) is 0 Å². The normalized spacial score (nSPS) is 21.7. The Morgan fingerprint density at radius 2 is 1.50 bits per heavy atom. The lowest BCUT2D eigenvalue weighted by atomic mass is 9.99. The molecule has 0 radical (unpaired) electrons. The zero-order valence-corrected chi connectivity index (χ0v) is 24.5. The third-order valence-electron chi connectivity index (χ3n) is 7.07. The van der Waals surface area contributed by atoms with Crippen LogP contribution >= 0.6 is 0 Å². The quantitative estimate of drug-likeness (QED) is 0.323. The van der Waals surface area contributed by atoms with Crippen LogP contribution in [0.15, 0.2) is 72.3 Å². The molecule has 4 nitrogen and oxygen atoms in total. The lowest BCUT2D eigenvalue weighted by Crippen LogP contribution is -2.67. The molecule has 0 aliphatic carbocycles. The second-order valence-corrected chi connectivity index (χ2v) is 16.3. The van der Waals surface area contributed by atoms with Crippen LogP contribution in [-0.4, -0.2) is 44.1 Å². The number of hydrogen-bond donors (Lipinski definition) is 1. The van der Waals surface area contributed by atoms with Crippen LogP contribution in [0.1, 0.15) is 68.2 Å². The summed E-state index contributed by atoms with van der Waals surface area (Å²) in [6.45, 7) is 17.5. The van der Waals surface area contributed by atoms with E-state index in [1.54, 1.807) is 0 Å². The van der Waals surface area contributed by atoms with E-state index < -0.39 is 20.2 Å². The SMILES string of the molecule is C/C(=C\[C@@H]1OC(C)(C)O[C@@H]1CO[Si](c1ccccc1)(c1ccccc1)C(C)(C)C)[C@H](O)CCC(C)C. The van der Waals surface area contributed by atoms with Gasteiger partial charge in [0.05, 0.1) is 12.7 Å². The summed E-state index contributed by atoms with van der Waals surface area (Å²) in [6.07, 6.45) is 2.75. The zero-order valence-electron chi connectivity index (χ0n) is 23.5. The fourth-order valence-corrected chi connectivity index (χ4v) is 9.76. The Balaban J connectivity index is 1.93. The van der Waals surface area contributed by atoms with Gasteiger partial charge in [0.2, 0.25) is 0 Å². The van der Waals surface area contributed by atoms with E-state index in [1.807, 2.05) is 26.8 Å². The lowest BCUT2D eigenvalue weighted by Gasteiger charge is -2.43. The van der Waals surface area contributed by atoms with Crippen molar-refractivity contribution < 1.29 is 19.0 Å². The highest BCUT2D eigenvalue weighted by molar-refractivity contribution is 6.99. The molecule has 1 heterocycles. The summed E-state index contributed by atoms with van der Waals surface area (Å²) in [5.74, 6) is -0.158. The van der Waals surface area contributed by atoms with Gasteiger partial charge in [0, 0.05) is 0 Å². The molecule has 0 amide bonds. The Kier molecular flexibility index (Phi) is 9.39. The average Bonchev–Trinajstić information content (AvgIpc) is 3.11. The Morgan fingerprint density at radius 1 is 0.972 bits per heavy atom. The van der Waals surface area contributed by atoms with Gasteiger partial charge in [0.25, 0.3) is 8.32 Å². The second kappa shape index (κ2) is 11.7. The molecule has 1 saturated heterocycles. The monoisotopic (exact) mass is 510 g/mol. The van der Waals surface area contributed by atoms with Crippen molar-refractivity contribution in [3.8, 4) is 0 Å². The summed E-state index contributed by atoms with van der Waals surface area (Å²) >= 11 is 0. The van der Waals surface area contributed by atoms with Crippen molar-refractivity contribution in [3.05, 3.63) is 72.3 Å². The Bertz CT molecular complexity index is 939. The predicted octanol–water partition coefficient (Wildman–Crippen LogP) is 5.83. The molecule has 1 aliphatic rings. The molecule has 1 N–H and O–H groups in total. The molecule has 2 aromatic rings. The highest BCUT2D eigenvalue weighted by atomic mass is 28.4. The number of aliphatic hydroxyl groups excluding tert-OH is 1. The van der Waals surface area contributed by atoms with Gasteiger partial charge in [-0.15, -0.1) is 0 Å². The van der Waals surface area contributed by atoms with Crippen LogP contribution in [0.25, 0.3) is 0 Å². The fraction of sp³-hybridized carbons (Fsp3) is 0.548. The first-order valence-corrected chi connectivity index (χ1v) is 15.2. The van der Waals surface area contributed by atoms with E-state index >= 15 is 0 Å². The molecule has 5 heteroatoms. The smallest absolute Gasteiger partial charge is 0.261 e. The van der Waals surface area contributed by atoms with Gasteiger partial charge in [-0.3, -0.25) is 0 Å². The van der Waals surface area contributed by atoms with Crippen molar-refractivity contribution in [3.63, 3.8) is 0 Å². The maximum Gasteiger partial charge on any atom is 0.261 e. The van der Waals surface area contributed by atoms with Crippen LogP contribution in [0.3, 0.4) is 0 Å². The summed E-state index contributed by atoms with van der Waals surface area (Å²) in [4.78, 5) is 0. The first-order valence-electron chi connectivity index (χ1n) is 13.3. The van der Waals surface area contributed by atoms with Crippen LogP contribution in [-0.2, 0) is 13.9 Å².